The molecule has 1 aliphatic carbocycles. The summed E-state index contributed by atoms with van der Waals surface area (Å²) < 4.78 is 5.15. The lowest BCUT2D eigenvalue weighted by molar-refractivity contribution is -0.118. The summed E-state index contributed by atoms with van der Waals surface area (Å²) in [5, 5.41) is 2.68. The molecule has 4 heteroatoms. The molecule has 0 saturated carbocycles. The molecule has 1 aromatic rings. The van der Waals surface area contributed by atoms with Crippen molar-refractivity contribution < 1.29 is 14.3 Å². The van der Waals surface area contributed by atoms with E-state index in [0.717, 1.165) is 17.5 Å². The van der Waals surface area contributed by atoms with Crippen molar-refractivity contribution in [3.63, 3.8) is 0 Å². The maximum Gasteiger partial charge on any atom is 0.407 e. The minimum Gasteiger partial charge on any atom is -0.444 e. The first-order valence-electron chi connectivity index (χ1n) is 7.93. The third-order valence-electron chi connectivity index (χ3n) is 3.42. The van der Waals surface area contributed by atoms with Crippen molar-refractivity contribution in [3.05, 3.63) is 34.9 Å². The molecule has 1 amide bonds. The molecule has 1 aliphatic rings. The van der Waals surface area contributed by atoms with Gasteiger partial charge in [-0.1, -0.05) is 17.9 Å². The Kier molecular flexibility index (Phi) is 5.44. The molecular formula is C19H23NO3. The third kappa shape index (κ3) is 5.78. The number of fused-ring (bicyclic) bond motifs is 1. The number of nitrogens with one attached hydrogen (secondary N) is 1. The van der Waals surface area contributed by atoms with Gasteiger partial charge in [-0.2, -0.15) is 0 Å². The summed E-state index contributed by atoms with van der Waals surface area (Å²) in [6, 6.07) is 6.01. The van der Waals surface area contributed by atoms with Crippen LogP contribution in [0.4, 0.5) is 4.79 Å². The first-order valence-corrected chi connectivity index (χ1v) is 7.93. The molecule has 1 N–H and O–H groups in total. The standard InChI is InChI=1S/C19H23NO3/c1-19(2,3)23-18(22)20-11-5-4-6-14-7-8-16-13-17(21)10-9-15(16)12-14/h7-8,12H,5,9-11,13H2,1-3H3,(H,20,22). The highest BCUT2D eigenvalue weighted by molar-refractivity contribution is 5.83. The summed E-state index contributed by atoms with van der Waals surface area (Å²) in [5.41, 5.74) is 2.82. The van der Waals surface area contributed by atoms with E-state index in [0.29, 0.717) is 31.6 Å². The average molecular weight is 313 g/mol. The van der Waals surface area contributed by atoms with Crippen LogP contribution in [-0.2, 0) is 22.4 Å². The van der Waals surface area contributed by atoms with E-state index in [2.05, 4.69) is 23.2 Å². The summed E-state index contributed by atoms with van der Waals surface area (Å²) in [5.74, 6) is 6.46. The van der Waals surface area contributed by atoms with E-state index in [9.17, 15) is 9.59 Å². The van der Waals surface area contributed by atoms with Crippen LogP contribution >= 0.6 is 0 Å². The number of amides is 1. The molecule has 0 spiro atoms. The van der Waals surface area contributed by atoms with Crippen LogP contribution in [0.5, 0.6) is 0 Å². The van der Waals surface area contributed by atoms with E-state index in [1.54, 1.807) is 0 Å². The minimum absolute atomic E-state index is 0.310. The van der Waals surface area contributed by atoms with Gasteiger partial charge >= 0.3 is 6.09 Å². The average Bonchev–Trinajstić information content (AvgIpc) is 2.45. The number of benzene rings is 1. The summed E-state index contributed by atoms with van der Waals surface area (Å²) >= 11 is 0. The second kappa shape index (κ2) is 7.32. The predicted octanol–water partition coefficient (Wildman–Crippen LogP) is 3.01. The summed E-state index contributed by atoms with van der Waals surface area (Å²) in [6.07, 6.45) is 2.13. The second-order valence-electron chi connectivity index (χ2n) is 6.68. The van der Waals surface area contributed by atoms with Gasteiger partial charge < -0.3 is 10.1 Å². The fourth-order valence-electron chi connectivity index (χ4n) is 2.39. The Balaban J connectivity index is 1.81. The number of carbonyl (C=O) groups is 2. The molecule has 0 radical (unpaired) electrons. The molecule has 0 saturated heterocycles. The van der Waals surface area contributed by atoms with E-state index in [4.69, 9.17) is 4.74 Å². The van der Waals surface area contributed by atoms with Gasteiger partial charge in [-0.3, -0.25) is 4.79 Å². The van der Waals surface area contributed by atoms with Gasteiger partial charge in [0.05, 0.1) is 0 Å². The first kappa shape index (κ1) is 17.1. The van der Waals surface area contributed by atoms with Crippen LogP contribution in [0.25, 0.3) is 0 Å². The molecule has 4 nitrogen and oxygen atoms in total. The number of carbonyl (C=O) groups excluding carboxylic acids is 2. The Labute approximate surface area is 137 Å². The smallest absolute Gasteiger partial charge is 0.407 e. The molecule has 0 bridgehead atoms. The van der Waals surface area contributed by atoms with Crippen molar-refractivity contribution in [1.29, 1.82) is 0 Å². The highest BCUT2D eigenvalue weighted by Gasteiger charge is 2.16. The Morgan fingerprint density at radius 3 is 2.78 bits per heavy atom. The highest BCUT2D eigenvalue weighted by atomic mass is 16.6. The molecule has 1 aromatic carbocycles. The number of rotatable bonds is 2. The number of ketones is 1. The molecule has 0 aliphatic heterocycles. The maximum atomic E-state index is 11.5. The number of alkyl carbamates (subject to hydrolysis) is 1. The van der Waals surface area contributed by atoms with Crippen LogP contribution in [0, 0.1) is 11.8 Å². The molecule has 23 heavy (non-hydrogen) atoms. The van der Waals surface area contributed by atoms with Crippen LogP contribution in [0.1, 0.15) is 50.3 Å². The zero-order chi connectivity index (χ0) is 16.9. The van der Waals surface area contributed by atoms with Gasteiger partial charge in [0.15, 0.2) is 0 Å². The fourth-order valence-corrected chi connectivity index (χ4v) is 2.39. The normalized spacial score (nSPS) is 13.6. The van der Waals surface area contributed by atoms with Crippen LogP contribution in [-0.4, -0.2) is 24.0 Å². The van der Waals surface area contributed by atoms with Crippen molar-refractivity contribution in [2.24, 2.45) is 0 Å². The van der Waals surface area contributed by atoms with Crippen LogP contribution in [0.15, 0.2) is 18.2 Å². The van der Waals surface area contributed by atoms with E-state index in [-0.39, 0.29) is 0 Å². The largest absolute Gasteiger partial charge is 0.444 e. The van der Waals surface area contributed by atoms with Crippen LogP contribution < -0.4 is 5.32 Å². The summed E-state index contributed by atoms with van der Waals surface area (Å²) in [6.45, 7) is 5.95. The van der Waals surface area contributed by atoms with Crippen molar-refractivity contribution in [2.45, 2.75) is 52.1 Å². The van der Waals surface area contributed by atoms with E-state index < -0.39 is 11.7 Å². The zero-order valence-corrected chi connectivity index (χ0v) is 14.0. The van der Waals surface area contributed by atoms with Gasteiger partial charge in [0.1, 0.15) is 11.4 Å². The number of hydrogen-bond donors (Lipinski definition) is 1. The SMILES string of the molecule is CC(C)(C)OC(=O)NCCC#Cc1ccc2c(c1)CCC(=O)C2. The monoisotopic (exact) mass is 313 g/mol. The lowest BCUT2D eigenvalue weighted by Gasteiger charge is -2.19. The Morgan fingerprint density at radius 1 is 1.26 bits per heavy atom. The van der Waals surface area contributed by atoms with Crippen molar-refractivity contribution >= 4 is 11.9 Å². The minimum atomic E-state index is -0.486. The second-order valence-corrected chi connectivity index (χ2v) is 6.68. The molecule has 0 heterocycles. The van der Waals surface area contributed by atoms with Gasteiger partial charge in [-0.15, -0.1) is 0 Å². The first-order chi connectivity index (χ1) is 10.8. The quantitative estimate of drug-likeness (QED) is 0.674. The van der Waals surface area contributed by atoms with E-state index in [1.807, 2.05) is 32.9 Å². The van der Waals surface area contributed by atoms with Gasteiger partial charge in [-0.05, 0) is 50.5 Å². The lowest BCUT2D eigenvalue weighted by atomic mass is 9.90. The summed E-state index contributed by atoms with van der Waals surface area (Å²) in [4.78, 5) is 22.9. The van der Waals surface area contributed by atoms with E-state index in [1.165, 1.54) is 5.56 Å². The number of hydrogen-bond acceptors (Lipinski definition) is 3. The van der Waals surface area contributed by atoms with Gasteiger partial charge in [0.2, 0.25) is 0 Å². The Hall–Kier alpha value is -2.28. The number of ether oxygens (including phenoxy) is 1. The van der Waals surface area contributed by atoms with Crippen molar-refractivity contribution in [2.75, 3.05) is 6.54 Å². The number of Topliss-reactive ketones (excluding diaryl/α,β-unsaturated/α-hetero) is 1. The molecular weight excluding hydrogens is 290 g/mol. The fraction of sp³-hybridized carbons (Fsp3) is 0.474. The lowest BCUT2D eigenvalue weighted by Crippen LogP contribution is -2.32. The third-order valence-corrected chi connectivity index (χ3v) is 3.42. The van der Waals surface area contributed by atoms with E-state index >= 15 is 0 Å². The Bertz CT molecular complexity index is 659. The topological polar surface area (TPSA) is 55.4 Å². The maximum absolute atomic E-state index is 11.5. The molecule has 0 unspecified atom stereocenters. The van der Waals surface area contributed by atoms with Crippen molar-refractivity contribution in [3.8, 4) is 11.8 Å². The molecule has 2 rings (SSSR count). The molecule has 0 atom stereocenters. The summed E-state index contributed by atoms with van der Waals surface area (Å²) in [7, 11) is 0. The number of aryl methyl sites for hydroxylation is 1. The molecule has 0 aromatic heterocycles. The van der Waals surface area contributed by atoms with Gasteiger partial charge in [-0.25, -0.2) is 4.79 Å². The molecule has 122 valence electrons. The van der Waals surface area contributed by atoms with Gasteiger partial charge in [0, 0.05) is 31.4 Å². The highest BCUT2D eigenvalue weighted by Crippen LogP contribution is 2.20. The van der Waals surface area contributed by atoms with Crippen LogP contribution in [0.2, 0.25) is 0 Å². The van der Waals surface area contributed by atoms with Crippen LogP contribution in [0.3, 0.4) is 0 Å². The zero-order valence-electron chi connectivity index (χ0n) is 14.0. The molecule has 0 fully saturated rings. The predicted molar refractivity (Wildman–Crippen MR) is 89.2 cm³/mol. The van der Waals surface area contributed by atoms with Gasteiger partial charge in [0.25, 0.3) is 0 Å². The Morgan fingerprint density at radius 2 is 2.04 bits per heavy atom. The van der Waals surface area contributed by atoms with Crippen molar-refractivity contribution in [1.82, 2.24) is 5.32 Å².